The van der Waals surface area contributed by atoms with Gasteiger partial charge in [-0.05, 0) is 114 Å². The highest BCUT2D eigenvalue weighted by molar-refractivity contribution is 6.01. The molecule has 6 rings (SSSR count). The first-order valence-electron chi connectivity index (χ1n) is 14.5. The van der Waals surface area contributed by atoms with E-state index in [0.29, 0.717) is 12.2 Å². The van der Waals surface area contributed by atoms with Gasteiger partial charge in [-0.15, -0.1) is 0 Å². The highest BCUT2D eigenvalue weighted by Gasteiger charge is 2.26. The zero-order chi connectivity index (χ0) is 27.6. The number of aromatic hydroxyl groups is 1. The Kier molecular flexibility index (Phi) is 7.61. The zero-order valence-corrected chi connectivity index (χ0v) is 23.2. The van der Waals surface area contributed by atoms with Gasteiger partial charge in [-0.3, -0.25) is 14.1 Å². The monoisotopic (exact) mass is 540 g/mol. The number of likely N-dealkylation sites (tertiary alicyclic amines) is 1. The molecule has 2 heterocycles. The van der Waals surface area contributed by atoms with Crippen LogP contribution in [0.25, 0.3) is 11.1 Å². The Balaban J connectivity index is 1.34. The largest absolute Gasteiger partial charge is 0.508 e. The number of hydrogen-bond donors (Lipinski definition) is 1. The number of nitrogens with zero attached hydrogens (tertiary/aromatic N) is 2. The molecule has 1 fully saturated rings. The molecule has 1 saturated heterocycles. The van der Waals surface area contributed by atoms with Crippen molar-refractivity contribution in [1.82, 2.24) is 4.90 Å². The van der Waals surface area contributed by atoms with E-state index in [1.807, 2.05) is 17.0 Å². The molecule has 0 spiro atoms. The molecule has 0 unspecified atom stereocenters. The molecule has 0 radical (unpaired) electrons. The number of allylic oxidation sites excluding steroid dienone is 1. The Hall–Kier alpha value is -3.64. The summed E-state index contributed by atoms with van der Waals surface area (Å²) in [5, 5.41) is 10.2. The van der Waals surface area contributed by atoms with Gasteiger partial charge in [-0.1, -0.05) is 24.3 Å². The number of hydrogen-bond acceptors (Lipinski definition) is 4. The topological polar surface area (TPSA) is 53.0 Å². The second-order valence-electron chi connectivity index (χ2n) is 11.2. The summed E-state index contributed by atoms with van der Waals surface area (Å²) in [6.07, 6.45) is 5.36. The lowest BCUT2D eigenvalue weighted by atomic mass is 9.87. The minimum absolute atomic E-state index is 0.0852. The molecule has 3 aromatic rings. The zero-order valence-electron chi connectivity index (χ0n) is 23.2. The summed E-state index contributed by atoms with van der Waals surface area (Å²) < 4.78 is 18.9. The molecule has 3 aliphatic rings. The molecule has 1 atom stereocenters. The van der Waals surface area contributed by atoms with Crippen LogP contribution in [0, 0.1) is 0 Å². The molecule has 0 aromatic heterocycles. The van der Waals surface area contributed by atoms with Crippen molar-refractivity contribution in [2.75, 3.05) is 37.8 Å². The molecule has 40 heavy (non-hydrogen) atoms. The van der Waals surface area contributed by atoms with E-state index in [0.717, 1.165) is 86.4 Å². The summed E-state index contributed by atoms with van der Waals surface area (Å²) in [6, 6.07) is 20.7. The van der Waals surface area contributed by atoms with Crippen LogP contribution in [-0.4, -0.2) is 54.9 Å². The Labute approximate surface area is 235 Å². The average Bonchev–Trinajstić information content (AvgIpc) is 3.54. The molecule has 1 amide bonds. The van der Waals surface area contributed by atoms with Crippen LogP contribution in [0.2, 0.25) is 0 Å². The van der Waals surface area contributed by atoms with Gasteiger partial charge in [0.05, 0.1) is 6.67 Å². The quantitative estimate of drug-likeness (QED) is 0.376. The Morgan fingerprint density at radius 1 is 0.975 bits per heavy atom. The van der Waals surface area contributed by atoms with Gasteiger partial charge in [0.15, 0.2) is 0 Å². The fourth-order valence-corrected chi connectivity index (χ4v) is 6.58. The van der Waals surface area contributed by atoms with Crippen molar-refractivity contribution in [3.8, 4) is 11.5 Å². The van der Waals surface area contributed by atoms with E-state index in [1.54, 1.807) is 13.0 Å². The van der Waals surface area contributed by atoms with Crippen LogP contribution in [0.4, 0.5) is 10.1 Å². The maximum absolute atomic E-state index is 12.6. The van der Waals surface area contributed by atoms with E-state index < -0.39 is 0 Å². The van der Waals surface area contributed by atoms with Crippen molar-refractivity contribution in [2.45, 2.75) is 51.6 Å². The Bertz CT molecular complexity index is 1430. The lowest BCUT2D eigenvalue weighted by molar-refractivity contribution is -0.116. The fraction of sp³-hybridized carbons (Fsp3) is 0.382. The van der Waals surface area contributed by atoms with E-state index in [9.17, 15) is 14.3 Å². The molecule has 1 N–H and O–H groups in total. The summed E-state index contributed by atoms with van der Waals surface area (Å²) in [5.74, 6) is 1.23. The molecule has 0 saturated carbocycles. The number of phenols is 1. The molecule has 6 heteroatoms. The highest BCUT2D eigenvalue weighted by atomic mass is 19.1. The van der Waals surface area contributed by atoms with Crippen molar-refractivity contribution >= 4 is 22.7 Å². The Morgan fingerprint density at radius 2 is 1.80 bits per heavy atom. The van der Waals surface area contributed by atoms with Crippen molar-refractivity contribution < 1.29 is 19.0 Å². The molecule has 2 aliphatic heterocycles. The molecule has 0 bridgehead atoms. The first-order chi connectivity index (χ1) is 19.5. The van der Waals surface area contributed by atoms with Crippen molar-refractivity contribution in [2.24, 2.45) is 0 Å². The predicted octanol–water partition coefficient (Wildman–Crippen LogP) is 6.41. The second-order valence-corrected chi connectivity index (χ2v) is 11.2. The number of phenolic OH excluding ortho intramolecular Hbond substituents is 1. The van der Waals surface area contributed by atoms with Gasteiger partial charge in [-0.2, -0.15) is 0 Å². The summed E-state index contributed by atoms with van der Waals surface area (Å²) in [5.41, 5.74) is 9.36. The number of halogens is 1. The predicted molar refractivity (Wildman–Crippen MR) is 158 cm³/mol. The van der Waals surface area contributed by atoms with Crippen LogP contribution in [0.3, 0.4) is 0 Å². The van der Waals surface area contributed by atoms with E-state index >= 15 is 0 Å². The smallest absolute Gasteiger partial charge is 0.223 e. The molecular formula is C34H37FN2O3. The number of fused-ring (bicyclic) bond motifs is 2. The summed E-state index contributed by atoms with van der Waals surface area (Å²) in [7, 11) is 0. The minimum atomic E-state index is -0.271. The molecule has 1 aliphatic carbocycles. The standard InChI is InChI=1S/C34H37FN2O3/c1-23(38)37-19-14-27-20-26(8-13-33(27)37)31-5-2-4-25-21-28(39)9-12-32(25)34(31)24-6-10-29(11-7-24)40-30-15-18-36(22-30)17-3-16-35/h6-13,20-21,30,39H,2-5,14-19,22H2,1H3/t30-/m0/s1. The Morgan fingerprint density at radius 3 is 2.60 bits per heavy atom. The lowest BCUT2D eigenvalue weighted by Gasteiger charge is -2.19. The number of benzene rings is 3. The van der Waals surface area contributed by atoms with Crippen molar-refractivity contribution in [3.63, 3.8) is 0 Å². The van der Waals surface area contributed by atoms with Gasteiger partial charge in [0, 0.05) is 38.8 Å². The number of alkyl halides is 1. The number of amides is 1. The van der Waals surface area contributed by atoms with Gasteiger partial charge < -0.3 is 14.7 Å². The van der Waals surface area contributed by atoms with E-state index in [-0.39, 0.29) is 18.7 Å². The van der Waals surface area contributed by atoms with Crippen molar-refractivity contribution in [3.05, 3.63) is 88.5 Å². The normalized spacial score (nSPS) is 18.9. The third-order valence-electron chi connectivity index (χ3n) is 8.52. The van der Waals surface area contributed by atoms with Gasteiger partial charge in [0.25, 0.3) is 0 Å². The number of aryl methyl sites for hydroxylation is 1. The van der Waals surface area contributed by atoms with Gasteiger partial charge in [0.1, 0.15) is 17.6 Å². The summed E-state index contributed by atoms with van der Waals surface area (Å²) in [4.78, 5) is 16.2. The maximum atomic E-state index is 12.6. The van der Waals surface area contributed by atoms with E-state index in [1.165, 1.54) is 22.3 Å². The number of carbonyl (C=O) groups excluding carboxylic acids is 1. The minimum Gasteiger partial charge on any atom is -0.508 e. The molecular weight excluding hydrogens is 503 g/mol. The first-order valence-corrected chi connectivity index (χ1v) is 14.5. The molecule has 5 nitrogen and oxygen atoms in total. The lowest BCUT2D eigenvalue weighted by Crippen LogP contribution is -2.26. The molecule has 208 valence electrons. The summed E-state index contributed by atoms with van der Waals surface area (Å²) in [6.45, 7) is 4.67. The van der Waals surface area contributed by atoms with Gasteiger partial charge >= 0.3 is 0 Å². The first kappa shape index (κ1) is 26.6. The second kappa shape index (κ2) is 11.5. The number of rotatable bonds is 7. The van der Waals surface area contributed by atoms with Crippen LogP contribution in [-0.2, 0) is 17.6 Å². The van der Waals surface area contributed by atoms with Crippen LogP contribution >= 0.6 is 0 Å². The van der Waals surface area contributed by atoms with Crippen LogP contribution in [0.1, 0.15) is 60.4 Å². The SMILES string of the molecule is CC(=O)N1CCc2cc(C3=C(c4ccc(O[C@H]5CCN(CCCF)C5)cc4)c4ccc(O)cc4CCC3)ccc21. The molecule has 3 aromatic carbocycles. The highest BCUT2D eigenvalue weighted by Crippen LogP contribution is 2.42. The third-order valence-corrected chi connectivity index (χ3v) is 8.52. The fourth-order valence-electron chi connectivity index (χ4n) is 6.58. The van der Waals surface area contributed by atoms with Crippen molar-refractivity contribution in [1.29, 1.82) is 0 Å². The van der Waals surface area contributed by atoms with Gasteiger partial charge in [0.2, 0.25) is 5.91 Å². The van der Waals surface area contributed by atoms with Gasteiger partial charge in [-0.25, -0.2) is 0 Å². The maximum Gasteiger partial charge on any atom is 0.223 e. The van der Waals surface area contributed by atoms with E-state index in [2.05, 4.69) is 47.4 Å². The van der Waals surface area contributed by atoms with E-state index in [4.69, 9.17) is 4.74 Å². The number of anilines is 1. The van der Waals surface area contributed by atoms with Crippen LogP contribution in [0.15, 0.2) is 60.7 Å². The number of ether oxygens (including phenoxy) is 1. The van der Waals surface area contributed by atoms with Crippen LogP contribution < -0.4 is 9.64 Å². The summed E-state index contributed by atoms with van der Waals surface area (Å²) >= 11 is 0. The van der Waals surface area contributed by atoms with Crippen LogP contribution in [0.5, 0.6) is 11.5 Å². The average molecular weight is 541 g/mol. The number of carbonyl (C=O) groups is 1. The third kappa shape index (κ3) is 5.37.